The molecule has 1 unspecified atom stereocenters. The summed E-state index contributed by atoms with van der Waals surface area (Å²) < 4.78 is 1.93. The summed E-state index contributed by atoms with van der Waals surface area (Å²) in [6, 6.07) is 11.1. The number of aromatic nitrogens is 2. The lowest BCUT2D eigenvalue weighted by atomic mass is 10.0. The van der Waals surface area contributed by atoms with Crippen molar-refractivity contribution >= 4 is 0 Å². The number of rotatable bonds is 5. The van der Waals surface area contributed by atoms with Crippen molar-refractivity contribution in [3.05, 3.63) is 48.3 Å². The molecule has 1 aliphatic rings. The summed E-state index contributed by atoms with van der Waals surface area (Å²) in [7, 11) is 2.24. The maximum atomic E-state index is 4.34. The highest BCUT2D eigenvalue weighted by molar-refractivity contribution is 5.40. The monoisotopic (exact) mass is 284 g/mol. The first-order valence-electron chi connectivity index (χ1n) is 7.83. The van der Waals surface area contributed by atoms with E-state index in [0.29, 0.717) is 6.04 Å². The van der Waals surface area contributed by atoms with Crippen LogP contribution in [0.25, 0.3) is 5.69 Å². The number of hydrogen-bond donors (Lipinski definition) is 1. The van der Waals surface area contributed by atoms with Crippen molar-refractivity contribution in [2.45, 2.75) is 31.8 Å². The maximum Gasteiger partial charge on any atom is 0.0690 e. The number of benzene rings is 1. The highest BCUT2D eigenvalue weighted by Crippen LogP contribution is 2.16. The third-order valence-corrected chi connectivity index (χ3v) is 4.36. The highest BCUT2D eigenvalue weighted by atomic mass is 15.3. The molecule has 1 aliphatic heterocycles. The fraction of sp³-hybridized carbons (Fsp3) is 0.471. The number of likely N-dealkylation sites (N-methyl/N-ethyl adjacent to an activating group) is 1. The van der Waals surface area contributed by atoms with Crippen molar-refractivity contribution in [2.24, 2.45) is 0 Å². The van der Waals surface area contributed by atoms with Gasteiger partial charge in [-0.3, -0.25) is 0 Å². The van der Waals surface area contributed by atoms with E-state index in [9.17, 15) is 0 Å². The zero-order valence-electron chi connectivity index (χ0n) is 12.7. The molecule has 0 saturated carbocycles. The molecule has 21 heavy (non-hydrogen) atoms. The van der Waals surface area contributed by atoms with Gasteiger partial charge in [-0.15, -0.1) is 0 Å². The minimum absolute atomic E-state index is 0.676. The molecule has 1 atom stereocenters. The zero-order valence-corrected chi connectivity index (χ0v) is 12.7. The molecule has 4 nitrogen and oxygen atoms in total. The number of likely N-dealkylation sites (tertiary alicyclic amines) is 1. The van der Waals surface area contributed by atoms with E-state index in [1.54, 1.807) is 0 Å². The Morgan fingerprint density at radius 1 is 1.24 bits per heavy atom. The number of piperidine rings is 1. The Bertz CT molecular complexity index is 550. The molecule has 0 aliphatic carbocycles. The summed E-state index contributed by atoms with van der Waals surface area (Å²) in [6.45, 7) is 3.18. The van der Waals surface area contributed by atoms with E-state index in [1.165, 1.54) is 31.4 Å². The van der Waals surface area contributed by atoms with Crippen LogP contribution in [-0.4, -0.2) is 40.9 Å². The maximum absolute atomic E-state index is 4.34. The Labute approximate surface area is 126 Å². The van der Waals surface area contributed by atoms with Gasteiger partial charge in [-0.05, 0) is 44.1 Å². The Hall–Kier alpha value is -1.65. The van der Waals surface area contributed by atoms with Gasteiger partial charge in [0, 0.05) is 31.5 Å². The van der Waals surface area contributed by atoms with Crippen molar-refractivity contribution in [3.8, 4) is 5.69 Å². The minimum atomic E-state index is 0.676. The second-order valence-corrected chi connectivity index (χ2v) is 5.84. The van der Waals surface area contributed by atoms with Gasteiger partial charge in [0.2, 0.25) is 0 Å². The molecule has 0 bridgehead atoms. The van der Waals surface area contributed by atoms with Crippen LogP contribution in [0.15, 0.2) is 42.7 Å². The summed E-state index contributed by atoms with van der Waals surface area (Å²) in [5, 5.41) is 7.96. The largest absolute Gasteiger partial charge is 0.311 e. The van der Waals surface area contributed by atoms with E-state index in [-0.39, 0.29) is 0 Å². The molecule has 3 rings (SSSR count). The molecule has 1 fully saturated rings. The van der Waals surface area contributed by atoms with Gasteiger partial charge in [0.1, 0.15) is 0 Å². The lowest BCUT2D eigenvalue weighted by molar-refractivity contribution is 0.181. The molecule has 1 N–H and O–H groups in total. The predicted molar refractivity (Wildman–Crippen MR) is 85.5 cm³/mol. The second kappa shape index (κ2) is 6.87. The van der Waals surface area contributed by atoms with Crippen LogP contribution in [0.1, 0.15) is 24.8 Å². The highest BCUT2D eigenvalue weighted by Gasteiger charge is 2.18. The molecule has 1 aromatic carbocycles. The fourth-order valence-electron chi connectivity index (χ4n) is 3.07. The third-order valence-electron chi connectivity index (χ3n) is 4.36. The van der Waals surface area contributed by atoms with Crippen molar-refractivity contribution in [1.82, 2.24) is 20.0 Å². The van der Waals surface area contributed by atoms with Crippen LogP contribution < -0.4 is 5.32 Å². The summed E-state index contributed by atoms with van der Waals surface area (Å²) in [4.78, 5) is 2.48. The first kappa shape index (κ1) is 14.3. The average molecular weight is 284 g/mol. The van der Waals surface area contributed by atoms with E-state index in [4.69, 9.17) is 0 Å². The van der Waals surface area contributed by atoms with E-state index >= 15 is 0 Å². The van der Waals surface area contributed by atoms with Crippen LogP contribution in [0.3, 0.4) is 0 Å². The standard InChI is InChI=1S/C17H24N4/c1-20-11-5-4-8-16(20)14-18-13-15-7-2-3-9-17(15)21-12-6-10-19-21/h2-3,6-7,9-10,12,16,18H,4-5,8,11,13-14H2,1H3. The number of para-hydroxylation sites is 1. The molecule has 0 amide bonds. The van der Waals surface area contributed by atoms with Crippen LogP contribution in [-0.2, 0) is 6.54 Å². The normalized spacial score (nSPS) is 19.8. The van der Waals surface area contributed by atoms with Gasteiger partial charge < -0.3 is 10.2 Å². The predicted octanol–water partition coefficient (Wildman–Crippen LogP) is 2.45. The van der Waals surface area contributed by atoms with Gasteiger partial charge in [-0.2, -0.15) is 5.10 Å². The van der Waals surface area contributed by atoms with Gasteiger partial charge in [-0.25, -0.2) is 4.68 Å². The van der Waals surface area contributed by atoms with Crippen molar-refractivity contribution in [2.75, 3.05) is 20.1 Å². The Kier molecular flexibility index (Phi) is 4.68. The summed E-state index contributed by atoms with van der Waals surface area (Å²) in [5.41, 5.74) is 2.45. The SMILES string of the molecule is CN1CCCCC1CNCc1ccccc1-n1cccn1. The summed E-state index contributed by atoms with van der Waals surface area (Å²) >= 11 is 0. The van der Waals surface area contributed by atoms with Gasteiger partial charge in [-0.1, -0.05) is 24.6 Å². The zero-order chi connectivity index (χ0) is 14.5. The Morgan fingerprint density at radius 2 is 2.14 bits per heavy atom. The average Bonchev–Trinajstić information content (AvgIpc) is 3.04. The van der Waals surface area contributed by atoms with Gasteiger partial charge >= 0.3 is 0 Å². The van der Waals surface area contributed by atoms with Crippen LogP contribution in [0.4, 0.5) is 0 Å². The molecule has 4 heteroatoms. The molecule has 1 saturated heterocycles. The minimum Gasteiger partial charge on any atom is -0.311 e. The van der Waals surface area contributed by atoms with E-state index in [0.717, 1.165) is 18.8 Å². The van der Waals surface area contributed by atoms with Crippen LogP contribution in [0.2, 0.25) is 0 Å². The molecule has 112 valence electrons. The number of hydrogen-bond acceptors (Lipinski definition) is 3. The summed E-state index contributed by atoms with van der Waals surface area (Å²) in [5.74, 6) is 0. The van der Waals surface area contributed by atoms with Gasteiger partial charge in [0.25, 0.3) is 0 Å². The fourth-order valence-corrected chi connectivity index (χ4v) is 3.07. The Balaban J connectivity index is 1.61. The first-order chi connectivity index (χ1) is 10.3. The van der Waals surface area contributed by atoms with Crippen molar-refractivity contribution < 1.29 is 0 Å². The number of nitrogens with one attached hydrogen (secondary N) is 1. The molecule has 0 spiro atoms. The molecule has 2 heterocycles. The van der Waals surface area contributed by atoms with Crippen LogP contribution >= 0.6 is 0 Å². The van der Waals surface area contributed by atoms with Crippen LogP contribution in [0, 0.1) is 0 Å². The van der Waals surface area contributed by atoms with Gasteiger partial charge in [0.05, 0.1) is 5.69 Å². The quantitative estimate of drug-likeness (QED) is 0.915. The van der Waals surface area contributed by atoms with E-state index in [1.807, 2.05) is 23.1 Å². The van der Waals surface area contributed by atoms with E-state index < -0.39 is 0 Å². The van der Waals surface area contributed by atoms with Crippen LogP contribution in [0.5, 0.6) is 0 Å². The van der Waals surface area contributed by atoms with Gasteiger partial charge in [0.15, 0.2) is 0 Å². The van der Waals surface area contributed by atoms with E-state index in [2.05, 4.69) is 46.6 Å². The lowest BCUT2D eigenvalue weighted by Gasteiger charge is -2.32. The number of nitrogens with zero attached hydrogens (tertiary/aromatic N) is 3. The first-order valence-corrected chi connectivity index (χ1v) is 7.83. The molecular weight excluding hydrogens is 260 g/mol. The molecule has 2 aromatic rings. The topological polar surface area (TPSA) is 33.1 Å². The third kappa shape index (κ3) is 3.52. The second-order valence-electron chi connectivity index (χ2n) is 5.84. The molecule has 1 aromatic heterocycles. The smallest absolute Gasteiger partial charge is 0.0690 e. The van der Waals surface area contributed by atoms with Crippen molar-refractivity contribution in [3.63, 3.8) is 0 Å². The summed E-state index contributed by atoms with van der Waals surface area (Å²) in [6.07, 6.45) is 7.83. The lowest BCUT2D eigenvalue weighted by Crippen LogP contribution is -2.42. The molecular formula is C17H24N4. The Morgan fingerprint density at radius 3 is 2.95 bits per heavy atom. The molecule has 0 radical (unpaired) electrons. The van der Waals surface area contributed by atoms with Crippen molar-refractivity contribution in [1.29, 1.82) is 0 Å².